The van der Waals surface area contributed by atoms with Crippen molar-refractivity contribution in [3.05, 3.63) is 40.0 Å². The number of phenols is 1. The van der Waals surface area contributed by atoms with Crippen molar-refractivity contribution in [2.75, 3.05) is 0 Å². The Labute approximate surface area is 188 Å². The van der Waals surface area contributed by atoms with Crippen LogP contribution in [-0.2, 0) is 19.7 Å². The van der Waals surface area contributed by atoms with Gasteiger partial charge in [0.05, 0.1) is 15.4 Å². The summed E-state index contributed by atoms with van der Waals surface area (Å²) in [6.45, 7) is 1.91. The Morgan fingerprint density at radius 1 is 1.17 bits per heavy atom. The molecule has 1 aliphatic rings. The van der Waals surface area contributed by atoms with Gasteiger partial charge in [-0.05, 0) is 12.5 Å². The Kier molecular flexibility index (Phi) is 10.9. The topological polar surface area (TPSA) is 184 Å². The first-order chi connectivity index (χ1) is 13.0. The zero-order chi connectivity index (χ0) is 21.5. The maximum atomic E-state index is 11.9. The minimum absolute atomic E-state index is 0. The fourth-order valence-electron chi connectivity index (χ4n) is 2.12. The average molecular weight is 436 g/mol. The monoisotopic (exact) mass is 436 g/mol. The zero-order valence-electron chi connectivity index (χ0n) is 15.7. The fraction of sp³-hybridized carbons (Fsp3) is 0.312. The van der Waals surface area contributed by atoms with Crippen LogP contribution in [0.4, 0.5) is 5.69 Å². The van der Waals surface area contributed by atoms with Crippen LogP contribution in [-0.4, -0.2) is 40.6 Å². The number of carbonyl (C=O) groups is 3. The molecule has 0 unspecified atom stereocenters. The number of nitrogens with zero attached hydrogens (tertiary/aromatic N) is 1. The van der Waals surface area contributed by atoms with Crippen LogP contribution < -0.4 is 34.9 Å². The molecule has 0 saturated heterocycles. The molecule has 0 radical (unpaired) electrons. The van der Waals surface area contributed by atoms with Crippen molar-refractivity contribution in [1.29, 1.82) is 0 Å². The molecule has 0 atom stereocenters. The third kappa shape index (κ3) is 8.41. The third-order valence-electron chi connectivity index (χ3n) is 3.49. The SMILES string of the molecule is CCCCCC(=O)c1cc(S(=O)(=O)[O-])cc([N+](=O)[O-])c1O.O=C1C=CC(=O)N1.[Na+]. The van der Waals surface area contributed by atoms with Gasteiger partial charge in [-0.1, -0.05) is 19.8 Å². The molecular formula is C16H17N2NaO9S. The van der Waals surface area contributed by atoms with Crippen molar-refractivity contribution in [2.45, 2.75) is 37.5 Å². The van der Waals surface area contributed by atoms with Gasteiger partial charge in [0.15, 0.2) is 5.78 Å². The zero-order valence-corrected chi connectivity index (χ0v) is 18.5. The molecule has 11 nitrogen and oxygen atoms in total. The number of amides is 2. The van der Waals surface area contributed by atoms with Crippen LogP contribution in [0.3, 0.4) is 0 Å². The van der Waals surface area contributed by atoms with Gasteiger partial charge in [-0.25, -0.2) is 8.42 Å². The molecule has 2 rings (SSSR count). The van der Waals surface area contributed by atoms with E-state index in [-0.39, 0.29) is 47.8 Å². The third-order valence-corrected chi connectivity index (χ3v) is 4.30. The molecule has 29 heavy (non-hydrogen) atoms. The smallest absolute Gasteiger partial charge is 0.744 e. The van der Waals surface area contributed by atoms with Gasteiger partial charge in [-0.3, -0.25) is 29.8 Å². The van der Waals surface area contributed by atoms with Gasteiger partial charge in [-0.2, -0.15) is 0 Å². The number of imide groups is 1. The summed E-state index contributed by atoms with van der Waals surface area (Å²) in [4.78, 5) is 40.8. The summed E-state index contributed by atoms with van der Waals surface area (Å²) in [5, 5.41) is 22.5. The molecule has 2 amide bonds. The minimum atomic E-state index is -4.97. The number of hydrogen-bond acceptors (Lipinski definition) is 9. The standard InChI is InChI=1S/C12H15NO7S.C4H3NO2.Na/c1-2-3-4-5-11(14)9-6-8(21(18,19)20)7-10(12(9)15)13(16)17;6-3-1-2-4(7)5-3;/h6-7,15H,2-5H2,1H3,(H,18,19,20);1-2H,(H,5,6,7);/q;;+1/p-1. The number of aromatic hydroxyl groups is 1. The Morgan fingerprint density at radius 3 is 2.10 bits per heavy atom. The number of benzene rings is 1. The van der Waals surface area contributed by atoms with Gasteiger partial charge in [0, 0.05) is 24.6 Å². The molecule has 0 bridgehead atoms. The van der Waals surface area contributed by atoms with Gasteiger partial charge in [0.2, 0.25) is 5.75 Å². The summed E-state index contributed by atoms with van der Waals surface area (Å²) >= 11 is 0. The number of hydrogen-bond donors (Lipinski definition) is 2. The quantitative estimate of drug-likeness (QED) is 0.0944. The molecule has 1 heterocycles. The van der Waals surface area contributed by atoms with Crippen molar-refractivity contribution in [3.63, 3.8) is 0 Å². The van der Waals surface area contributed by atoms with Crippen LogP contribution in [0.5, 0.6) is 5.75 Å². The average Bonchev–Trinajstić information content (AvgIpc) is 2.97. The van der Waals surface area contributed by atoms with Crippen molar-refractivity contribution >= 4 is 33.4 Å². The summed E-state index contributed by atoms with van der Waals surface area (Å²) in [6, 6.07) is 1.12. The summed E-state index contributed by atoms with van der Waals surface area (Å²) in [6.07, 6.45) is 4.48. The summed E-state index contributed by atoms with van der Waals surface area (Å²) in [5.74, 6) is -2.22. The van der Waals surface area contributed by atoms with E-state index in [0.717, 1.165) is 12.8 Å². The van der Waals surface area contributed by atoms with E-state index in [9.17, 15) is 42.6 Å². The van der Waals surface area contributed by atoms with Crippen LogP contribution in [0.1, 0.15) is 43.0 Å². The van der Waals surface area contributed by atoms with Crippen LogP contribution in [0.25, 0.3) is 0 Å². The molecule has 0 aliphatic carbocycles. The van der Waals surface area contributed by atoms with Crippen LogP contribution in [0, 0.1) is 10.1 Å². The van der Waals surface area contributed by atoms with E-state index in [4.69, 9.17) is 0 Å². The van der Waals surface area contributed by atoms with Crippen molar-refractivity contribution < 1.29 is 66.9 Å². The van der Waals surface area contributed by atoms with E-state index in [2.05, 4.69) is 0 Å². The minimum Gasteiger partial charge on any atom is -0.744 e. The predicted molar refractivity (Wildman–Crippen MR) is 93.5 cm³/mol. The van der Waals surface area contributed by atoms with Crippen molar-refractivity contribution in [2.24, 2.45) is 0 Å². The molecule has 0 saturated carbocycles. The Bertz CT molecular complexity index is 926. The van der Waals surface area contributed by atoms with Crippen molar-refractivity contribution in [3.8, 4) is 5.75 Å². The Hall–Kier alpha value is -2.12. The van der Waals surface area contributed by atoms with Gasteiger partial charge in [-0.15, -0.1) is 0 Å². The first-order valence-electron chi connectivity index (χ1n) is 8.00. The van der Waals surface area contributed by atoms with E-state index in [1.165, 1.54) is 12.2 Å². The fourth-order valence-corrected chi connectivity index (χ4v) is 2.63. The molecule has 0 spiro atoms. The summed E-state index contributed by atoms with van der Waals surface area (Å²) in [5.41, 5.74) is -1.50. The number of nitro benzene ring substituents is 1. The number of carbonyl (C=O) groups excluding carboxylic acids is 3. The van der Waals surface area contributed by atoms with E-state index < -0.39 is 42.7 Å². The largest absolute Gasteiger partial charge is 1.00 e. The molecule has 1 aliphatic heterocycles. The number of phenolic OH excluding ortho intramolecular Hbond substituents is 1. The molecule has 13 heteroatoms. The maximum absolute atomic E-state index is 11.9. The van der Waals surface area contributed by atoms with Crippen LogP contribution >= 0.6 is 0 Å². The summed E-state index contributed by atoms with van der Waals surface area (Å²) in [7, 11) is -4.97. The maximum Gasteiger partial charge on any atom is 1.00 e. The first-order valence-corrected chi connectivity index (χ1v) is 9.41. The van der Waals surface area contributed by atoms with Gasteiger partial charge in [0.1, 0.15) is 10.1 Å². The molecule has 1 aromatic rings. The normalized spacial score (nSPS) is 12.5. The first kappa shape index (κ1) is 26.9. The van der Waals surface area contributed by atoms with E-state index >= 15 is 0 Å². The number of unbranched alkanes of at least 4 members (excludes halogenated alkanes) is 2. The van der Waals surface area contributed by atoms with Crippen LogP contribution in [0.15, 0.2) is 29.2 Å². The van der Waals surface area contributed by atoms with E-state index in [1.807, 2.05) is 12.2 Å². The molecule has 152 valence electrons. The molecule has 0 aromatic heterocycles. The Morgan fingerprint density at radius 2 is 1.72 bits per heavy atom. The second-order valence-electron chi connectivity index (χ2n) is 5.62. The van der Waals surface area contributed by atoms with E-state index in [1.54, 1.807) is 0 Å². The number of ketones is 1. The van der Waals surface area contributed by atoms with Crippen molar-refractivity contribution in [1.82, 2.24) is 5.32 Å². The molecule has 2 N–H and O–H groups in total. The number of Topliss-reactive ketones (excluding diaryl/α,β-unsaturated/α-hetero) is 1. The Balaban J connectivity index is 0.000000824. The van der Waals surface area contributed by atoms with Gasteiger partial charge < -0.3 is 9.66 Å². The molecule has 1 aromatic carbocycles. The second-order valence-corrected chi connectivity index (χ2v) is 7.00. The number of nitrogens with one attached hydrogen (secondary N) is 1. The summed E-state index contributed by atoms with van der Waals surface area (Å²) < 4.78 is 32.9. The number of nitro groups is 1. The van der Waals surface area contributed by atoms with Gasteiger partial charge in [0.25, 0.3) is 11.8 Å². The second kappa shape index (κ2) is 11.8. The molecule has 0 fully saturated rings. The van der Waals surface area contributed by atoms with E-state index in [0.29, 0.717) is 18.6 Å². The van der Waals surface area contributed by atoms with Crippen LogP contribution in [0.2, 0.25) is 0 Å². The number of rotatable bonds is 7. The van der Waals surface area contributed by atoms with Gasteiger partial charge >= 0.3 is 35.2 Å². The predicted octanol–water partition coefficient (Wildman–Crippen LogP) is -1.83. The molecular weight excluding hydrogens is 419 g/mol.